The molecule has 4 heteroatoms. The Hall–Kier alpha value is -1.29. The molecule has 2 fully saturated rings. The Morgan fingerprint density at radius 2 is 2.00 bits per heavy atom. The Kier molecular flexibility index (Phi) is 2.89. The van der Waals surface area contributed by atoms with Crippen LogP contribution in [0.1, 0.15) is 25.7 Å². The van der Waals surface area contributed by atoms with Crippen LogP contribution in [-0.4, -0.2) is 30.3 Å². The highest BCUT2D eigenvalue weighted by Crippen LogP contribution is 2.29. The van der Waals surface area contributed by atoms with Crippen LogP contribution in [0.25, 0.3) is 0 Å². The van der Waals surface area contributed by atoms with Gasteiger partial charge in [-0.15, -0.1) is 0 Å². The maximum absolute atomic E-state index is 5.98. The van der Waals surface area contributed by atoms with E-state index in [1.165, 1.54) is 12.8 Å². The Morgan fingerprint density at radius 1 is 1.24 bits per heavy atom. The lowest BCUT2D eigenvalue weighted by atomic mass is 10.0. The molecule has 0 saturated carbocycles. The van der Waals surface area contributed by atoms with Gasteiger partial charge in [-0.25, -0.2) is 4.98 Å². The van der Waals surface area contributed by atoms with Gasteiger partial charge >= 0.3 is 0 Å². The van der Waals surface area contributed by atoms with Crippen molar-refractivity contribution in [2.45, 2.75) is 43.9 Å². The molecule has 2 saturated heterocycles. The maximum atomic E-state index is 5.98. The summed E-state index contributed by atoms with van der Waals surface area (Å²) in [6, 6.07) is 5.08. The third kappa shape index (κ3) is 2.36. The Bertz CT molecular complexity index is 368. The molecule has 0 spiro atoms. The molecular weight excluding hydrogens is 216 g/mol. The minimum Gasteiger partial charge on any atom is -0.489 e. The van der Waals surface area contributed by atoms with Gasteiger partial charge in [0.1, 0.15) is 11.9 Å². The molecule has 17 heavy (non-hydrogen) atoms. The standard InChI is InChI=1S/C13H18N2O2/c1-16-13-5-4-11(8-14-13)17-12-6-9-2-3-10(7-12)15-9/h4-5,8-10,12,15H,2-3,6-7H2,1H3/t9-,10+,12?. The third-order valence-corrected chi connectivity index (χ3v) is 3.65. The molecule has 1 aromatic heterocycles. The average Bonchev–Trinajstić information content (AvgIpc) is 2.70. The van der Waals surface area contributed by atoms with Gasteiger partial charge in [-0.3, -0.25) is 0 Å². The number of piperidine rings is 1. The first-order valence-electron chi connectivity index (χ1n) is 6.26. The molecule has 92 valence electrons. The number of aromatic nitrogens is 1. The minimum atomic E-state index is 0.337. The Morgan fingerprint density at radius 3 is 2.59 bits per heavy atom. The summed E-state index contributed by atoms with van der Waals surface area (Å²) in [5.41, 5.74) is 0. The highest BCUT2D eigenvalue weighted by Gasteiger charge is 2.34. The van der Waals surface area contributed by atoms with Crippen LogP contribution in [-0.2, 0) is 0 Å². The van der Waals surface area contributed by atoms with E-state index in [2.05, 4.69) is 10.3 Å². The van der Waals surface area contributed by atoms with Crippen LogP contribution >= 0.6 is 0 Å². The summed E-state index contributed by atoms with van der Waals surface area (Å²) in [6.45, 7) is 0. The van der Waals surface area contributed by atoms with Crippen molar-refractivity contribution < 1.29 is 9.47 Å². The van der Waals surface area contributed by atoms with Crippen LogP contribution in [0.2, 0.25) is 0 Å². The van der Waals surface area contributed by atoms with E-state index in [4.69, 9.17) is 9.47 Å². The molecule has 0 aromatic carbocycles. The summed E-state index contributed by atoms with van der Waals surface area (Å²) in [5.74, 6) is 1.47. The zero-order chi connectivity index (χ0) is 11.7. The molecule has 1 unspecified atom stereocenters. The average molecular weight is 234 g/mol. The molecule has 0 radical (unpaired) electrons. The van der Waals surface area contributed by atoms with E-state index in [0.717, 1.165) is 18.6 Å². The van der Waals surface area contributed by atoms with E-state index in [0.29, 0.717) is 24.1 Å². The Balaban J connectivity index is 1.62. The van der Waals surface area contributed by atoms with Crippen LogP contribution in [0.15, 0.2) is 18.3 Å². The molecule has 0 amide bonds. The highest BCUT2D eigenvalue weighted by atomic mass is 16.5. The first kappa shape index (κ1) is 10.8. The molecule has 0 aliphatic carbocycles. The minimum absolute atomic E-state index is 0.337. The fraction of sp³-hybridized carbons (Fsp3) is 0.615. The summed E-state index contributed by atoms with van der Waals surface area (Å²) in [5, 5.41) is 3.61. The highest BCUT2D eigenvalue weighted by molar-refractivity contribution is 5.23. The first-order chi connectivity index (χ1) is 8.33. The van der Waals surface area contributed by atoms with Gasteiger partial charge < -0.3 is 14.8 Å². The molecule has 1 aromatic rings. The second kappa shape index (κ2) is 4.53. The predicted molar refractivity (Wildman–Crippen MR) is 64.4 cm³/mol. The fourth-order valence-electron chi connectivity index (χ4n) is 2.85. The molecule has 3 rings (SSSR count). The summed E-state index contributed by atoms with van der Waals surface area (Å²) >= 11 is 0. The molecule has 2 aliphatic heterocycles. The van der Waals surface area contributed by atoms with Crippen molar-refractivity contribution in [3.8, 4) is 11.6 Å². The topological polar surface area (TPSA) is 43.4 Å². The zero-order valence-corrected chi connectivity index (χ0v) is 10.1. The Labute approximate surface area is 101 Å². The SMILES string of the molecule is COc1ccc(OC2C[C@H]3CC[C@@H](C2)N3)cn1. The van der Waals surface area contributed by atoms with Crippen molar-refractivity contribution in [3.63, 3.8) is 0 Å². The molecule has 1 N–H and O–H groups in total. The van der Waals surface area contributed by atoms with Gasteiger partial charge in [-0.2, -0.15) is 0 Å². The van der Waals surface area contributed by atoms with Crippen LogP contribution in [0.3, 0.4) is 0 Å². The smallest absolute Gasteiger partial charge is 0.213 e. The summed E-state index contributed by atoms with van der Waals surface area (Å²) in [7, 11) is 1.62. The lowest BCUT2D eigenvalue weighted by Crippen LogP contribution is -2.42. The van der Waals surface area contributed by atoms with Crippen molar-refractivity contribution in [3.05, 3.63) is 18.3 Å². The quantitative estimate of drug-likeness (QED) is 0.865. The van der Waals surface area contributed by atoms with Gasteiger partial charge in [0.05, 0.1) is 13.3 Å². The van der Waals surface area contributed by atoms with Crippen molar-refractivity contribution in [2.75, 3.05) is 7.11 Å². The van der Waals surface area contributed by atoms with E-state index in [1.54, 1.807) is 13.3 Å². The number of nitrogens with zero attached hydrogens (tertiary/aromatic N) is 1. The van der Waals surface area contributed by atoms with Gasteiger partial charge in [0.25, 0.3) is 0 Å². The molecule has 4 nitrogen and oxygen atoms in total. The molecule has 2 aliphatic rings. The number of nitrogens with one attached hydrogen (secondary N) is 1. The van der Waals surface area contributed by atoms with Crippen LogP contribution in [0, 0.1) is 0 Å². The van der Waals surface area contributed by atoms with Gasteiger partial charge in [0.15, 0.2) is 0 Å². The monoisotopic (exact) mass is 234 g/mol. The lowest BCUT2D eigenvalue weighted by Gasteiger charge is -2.29. The number of hydrogen-bond donors (Lipinski definition) is 1. The van der Waals surface area contributed by atoms with E-state index in [9.17, 15) is 0 Å². The van der Waals surface area contributed by atoms with Gasteiger partial charge in [-0.05, 0) is 31.7 Å². The number of rotatable bonds is 3. The molecule has 2 bridgehead atoms. The summed E-state index contributed by atoms with van der Waals surface area (Å²) < 4.78 is 11.0. The van der Waals surface area contributed by atoms with Gasteiger partial charge in [0, 0.05) is 18.2 Å². The van der Waals surface area contributed by atoms with E-state index < -0.39 is 0 Å². The van der Waals surface area contributed by atoms with Gasteiger partial charge in [-0.1, -0.05) is 0 Å². The van der Waals surface area contributed by atoms with Crippen LogP contribution < -0.4 is 14.8 Å². The number of fused-ring (bicyclic) bond motifs is 2. The van der Waals surface area contributed by atoms with E-state index in [-0.39, 0.29) is 0 Å². The molecule has 3 heterocycles. The summed E-state index contributed by atoms with van der Waals surface area (Å²) in [6.07, 6.45) is 6.90. The van der Waals surface area contributed by atoms with Crippen LogP contribution in [0.5, 0.6) is 11.6 Å². The van der Waals surface area contributed by atoms with Crippen molar-refractivity contribution in [2.24, 2.45) is 0 Å². The van der Waals surface area contributed by atoms with Gasteiger partial charge in [0.2, 0.25) is 5.88 Å². The van der Waals surface area contributed by atoms with Crippen molar-refractivity contribution >= 4 is 0 Å². The number of ether oxygens (including phenoxy) is 2. The zero-order valence-electron chi connectivity index (χ0n) is 10.1. The largest absolute Gasteiger partial charge is 0.489 e. The maximum Gasteiger partial charge on any atom is 0.213 e. The van der Waals surface area contributed by atoms with Crippen molar-refractivity contribution in [1.82, 2.24) is 10.3 Å². The second-order valence-electron chi connectivity index (χ2n) is 4.89. The fourth-order valence-corrected chi connectivity index (χ4v) is 2.85. The lowest BCUT2D eigenvalue weighted by molar-refractivity contribution is 0.136. The third-order valence-electron chi connectivity index (χ3n) is 3.65. The molecular formula is C13H18N2O2. The number of pyridine rings is 1. The van der Waals surface area contributed by atoms with Crippen molar-refractivity contribution in [1.29, 1.82) is 0 Å². The second-order valence-corrected chi connectivity index (χ2v) is 4.89. The predicted octanol–water partition coefficient (Wildman–Crippen LogP) is 1.75. The van der Waals surface area contributed by atoms with Crippen LogP contribution in [0.4, 0.5) is 0 Å². The summed E-state index contributed by atoms with van der Waals surface area (Å²) in [4.78, 5) is 4.15. The first-order valence-corrected chi connectivity index (χ1v) is 6.26. The normalized spacial score (nSPS) is 31.2. The number of hydrogen-bond acceptors (Lipinski definition) is 4. The number of methoxy groups -OCH3 is 1. The van der Waals surface area contributed by atoms with E-state index in [1.807, 2.05) is 12.1 Å². The van der Waals surface area contributed by atoms with E-state index >= 15 is 0 Å². The molecule has 3 atom stereocenters.